The number of nitrogen functional groups attached to an aromatic ring is 4. The highest BCUT2D eigenvalue weighted by molar-refractivity contribution is 7.66. The molecule has 21 atom stereocenters. The zero-order chi connectivity index (χ0) is 69.6. The Balaban J connectivity index is 0.749. The second kappa shape index (κ2) is 26.7. The lowest BCUT2D eigenvalue weighted by molar-refractivity contribution is -0.0653. The smallest absolute Gasteiger partial charge is 0.387 e. The number of aliphatic hydroxyl groups excluding tert-OH is 5. The number of aromatic nitrogens is 16. The molecule has 8 aromatic rings. The van der Waals surface area contributed by atoms with Crippen molar-refractivity contribution in [3.8, 4) is 0 Å². The molecule has 4 aliphatic rings. The molecule has 51 nitrogen and oxygen atoms in total. The third kappa shape index (κ3) is 14.7. The van der Waals surface area contributed by atoms with Gasteiger partial charge in [0.05, 0.1) is 26.4 Å². The van der Waals surface area contributed by atoms with Crippen LogP contribution < -0.4 is 22.9 Å². The van der Waals surface area contributed by atoms with E-state index in [0.717, 1.165) is 58.0 Å². The fourth-order valence-electron chi connectivity index (χ4n) is 10.6. The lowest BCUT2D eigenvalue weighted by Gasteiger charge is -2.25. The van der Waals surface area contributed by atoms with Crippen molar-refractivity contribution in [1.29, 1.82) is 0 Å². The molecule has 0 aromatic carbocycles. The number of imidazole rings is 4. The third-order valence-corrected chi connectivity index (χ3v) is 21.5. The Morgan fingerprint density at radius 2 is 0.619 bits per heavy atom. The minimum atomic E-state index is -6.05. The molecule has 0 amide bonds. The number of nitrogens with zero attached hydrogens (tertiary/aromatic N) is 16. The van der Waals surface area contributed by atoms with Crippen molar-refractivity contribution in [2.75, 3.05) is 49.4 Å². The van der Waals surface area contributed by atoms with Crippen LogP contribution in [0.25, 0.3) is 44.7 Å². The summed E-state index contributed by atoms with van der Waals surface area (Å²) in [6.07, 6.45) is -22.4. The molecular formula is C40H52N20O31P6. The second-order valence-corrected chi connectivity index (χ2v) is 29.6. The van der Waals surface area contributed by atoms with Gasteiger partial charge in [0.2, 0.25) is 0 Å². The van der Waals surface area contributed by atoms with Gasteiger partial charge in [0.15, 0.2) is 70.8 Å². The molecule has 4 saturated heterocycles. The van der Waals surface area contributed by atoms with Crippen LogP contribution in [0.3, 0.4) is 0 Å². The van der Waals surface area contributed by atoms with Gasteiger partial charge in [-0.05, 0) is 0 Å². The molecule has 5 unspecified atom stereocenters. The monoisotopic (exact) mass is 1490 g/mol. The van der Waals surface area contributed by atoms with Crippen LogP contribution in [0.2, 0.25) is 0 Å². The van der Waals surface area contributed by atoms with Crippen LogP contribution in [0.4, 0.5) is 23.3 Å². The Morgan fingerprint density at radius 1 is 0.351 bits per heavy atom. The van der Waals surface area contributed by atoms with Crippen LogP contribution in [-0.4, -0.2) is 238 Å². The maximum atomic E-state index is 14.2. The summed E-state index contributed by atoms with van der Waals surface area (Å²) < 4.78 is 150. The maximum absolute atomic E-state index is 14.2. The summed E-state index contributed by atoms with van der Waals surface area (Å²) in [6.45, 7) is -4.74. The summed E-state index contributed by atoms with van der Waals surface area (Å²) in [5.41, 5.74) is 23.9. The first-order valence-electron chi connectivity index (χ1n) is 27.1. The number of rotatable bonds is 26. The highest BCUT2D eigenvalue weighted by atomic mass is 31.3. The van der Waals surface area contributed by atoms with Gasteiger partial charge >= 0.3 is 46.9 Å². The lowest BCUT2D eigenvalue weighted by atomic mass is 10.1. The number of anilines is 4. The van der Waals surface area contributed by atoms with Crippen LogP contribution >= 0.6 is 46.9 Å². The Morgan fingerprint density at radius 3 is 0.918 bits per heavy atom. The molecule has 20 N–H and O–H groups in total. The molecular weight excluding hydrogens is 1440 g/mol. The van der Waals surface area contributed by atoms with E-state index in [9.17, 15) is 77.4 Å². The van der Waals surface area contributed by atoms with Gasteiger partial charge in [0.1, 0.15) is 146 Å². The van der Waals surface area contributed by atoms with Crippen molar-refractivity contribution < 1.29 is 146 Å². The van der Waals surface area contributed by atoms with Gasteiger partial charge in [-0.25, -0.2) is 87.2 Å². The van der Waals surface area contributed by atoms with E-state index in [1.807, 2.05) is 0 Å². The number of phosphoric ester groups is 4. The minimum absolute atomic E-state index is 0.0617. The van der Waals surface area contributed by atoms with Gasteiger partial charge in [-0.15, -0.1) is 0 Å². The van der Waals surface area contributed by atoms with E-state index < -0.39 is 172 Å². The molecule has 0 radical (unpaired) electrons. The summed E-state index contributed by atoms with van der Waals surface area (Å²) in [5.74, 6) is -0.880. The summed E-state index contributed by atoms with van der Waals surface area (Å²) in [4.78, 5) is 119. The largest absolute Gasteiger partial charge is 0.490 e. The summed E-state index contributed by atoms with van der Waals surface area (Å²) in [7, 11) is -34.7. The molecule has 12 heterocycles. The van der Waals surface area contributed by atoms with Crippen LogP contribution in [0.15, 0.2) is 50.6 Å². The minimum Gasteiger partial charge on any atom is -0.387 e. The molecule has 97 heavy (non-hydrogen) atoms. The van der Waals surface area contributed by atoms with Crippen LogP contribution in [0.1, 0.15) is 24.9 Å². The number of hydrogen-bond acceptors (Lipinski definition) is 40. The van der Waals surface area contributed by atoms with Gasteiger partial charge < -0.3 is 102 Å². The SMILES string of the molecule is Nc1ncnc2ncn([C@@H]3O[C@H](COP(=O)(O)O[C@@H]4[C@H](O)[C@@H](COP(=O)(O)O[C@@H]5[C@H](O)[C@@H](COP(=O)(O)O[C@@H]6[C@H](O)[C@@H](COP(=O)(O)OP(=O)(O)OP(=O)(O)O)O[C@H]6n6cnc7ncnc(N)c76)O[C@H]5n5cnc6ncnc(N)c65)O[C@H]4n4cnc5ncnc(N)c54)[C@@H](O)[C@H]3O)c12. The highest BCUT2D eigenvalue weighted by Crippen LogP contribution is 2.66. The average Bonchev–Trinajstić information content (AvgIpc) is 1.63. The highest BCUT2D eigenvalue weighted by Gasteiger charge is 2.56. The number of hydrogen-bond donors (Lipinski definition) is 16. The first-order valence-corrected chi connectivity index (χ1v) is 36.1. The van der Waals surface area contributed by atoms with E-state index in [4.69, 9.17) is 78.8 Å². The summed E-state index contributed by atoms with van der Waals surface area (Å²) in [5, 5.41) is 57.2. The third-order valence-electron chi connectivity index (χ3n) is 14.7. The predicted molar refractivity (Wildman–Crippen MR) is 306 cm³/mol. The molecule has 0 spiro atoms. The van der Waals surface area contributed by atoms with Crippen molar-refractivity contribution in [2.45, 2.75) is 98.2 Å². The zero-order valence-corrected chi connectivity index (χ0v) is 53.3. The Kier molecular flexibility index (Phi) is 19.4. The average molecular weight is 1490 g/mol. The quantitative estimate of drug-likeness (QED) is 0.0229. The number of nitrogens with two attached hydrogens (primary N) is 4. The van der Waals surface area contributed by atoms with E-state index in [2.05, 4.69) is 73.0 Å². The number of fused-ring (bicyclic) bond motifs is 4. The maximum Gasteiger partial charge on any atom is 0.490 e. The zero-order valence-electron chi connectivity index (χ0n) is 48.0. The van der Waals surface area contributed by atoms with E-state index >= 15 is 0 Å². The number of phosphoric acid groups is 6. The number of aliphatic hydroxyl groups is 5. The fourth-order valence-corrected chi connectivity index (χ4v) is 16.4. The predicted octanol–water partition coefficient (Wildman–Crippen LogP) is -4.08. The Labute approximate surface area is 536 Å². The van der Waals surface area contributed by atoms with Gasteiger partial charge in [-0.3, -0.25) is 49.9 Å². The van der Waals surface area contributed by atoms with Crippen LogP contribution in [-0.2, 0) is 86.6 Å². The second-order valence-electron chi connectivity index (χ2n) is 20.9. The van der Waals surface area contributed by atoms with Crippen molar-refractivity contribution >= 4 is 115 Å². The molecule has 528 valence electrons. The van der Waals surface area contributed by atoms with E-state index in [0.29, 0.717) is 0 Å². The summed E-state index contributed by atoms with van der Waals surface area (Å²) in [6, 6.07) is 0. The fraction of sp³-hybridized carbons (Fsp3) is 0.500. The molecule has 0 aliphatic carbocycles. The molecule has 8 aromatic heterocycles. The molecule has 0 bridgehead atoms. The molecule has 57 heteroatoms. The molecule has 4 fully saturated rings. The first kappa shape index (κ1) is 70.6. The summed E-state index contributed by atoms with van der Waals surface area (Å²) >= 11 is 0. The Bertz CT molecular complexity index is 4570. The van der Waals surface area contributed by atoms with Crippen molar-refractivity contribution in [2.24, 2.45) is 0 Å². The van der Waals surface area contributed by atoms with Gasteiger partial charge in [-0.1, -0.05) is 0 Å². The van der Waals surface area contributed by atoms with Gasteiger partial charge in [0, 0.05) is 0 Å². The normalized spacial score (nSPS) is 31.1. The molecule has 4 aliphatic heterocycles. The van der Waals surface area contributed by atoms with E-state index in [1.54, 1.807) is 0 Å². The molecule has 0 saturated carbocycles. The van der Waals surface area contributed by atoms with Crippen LogP contribution in [0.5, 0.6) is 0 Å². The van der Waals surface area contributed by atoms with Crippen molar-refractivity contribution in [1.82, 2.24) is 78.1 Å². The van der Waals surface area contributed by atoms with Gasteiger partial charge in [-0.2, -0.15) is 8.62 Å². The van der Waals surface area contributed by atoms with Crippen molar-refractivity contribution in [3.63, 3.8) is 0 Å². The molecule has 12 rings (SSSR count). The van der Waals surface area contributed by atoms with Crippen molar-refractivity contribution in [3.05, 3.63) is 50.6 Å². The topological polar surface area (TPSA) is 744 Å². The lowest BCUT2D eigenvalue weighted by Crippen LogP contribution is -2.37. The Hall–Kier alpha value is -6.22. The van der Waals surface area contributed by atoms with E-state index in [-0.39, 0.29) is 67.9 Å². The number of ether oxygens (including phenoxy) is 4. The van der Waals surface area contributed by atoms with E-state index in [1.165, 1.54) is 10.9 Å². The standard InChI is InChI=1S/C40H52N20O31P6/c41-29-17-33(49-5-45-29)53-9-57(17)37-25(65)21(61)13(83-37)1-79-93(69,70)87-26-22(62)14(84-38(26)58-10-54-34-18(58)30(42)46-6-50-34)2-80-94(71,72)88-27-23(63)15(85-39(27)59-11-55-35-19(59)31(43)47-7-51-35)3-81-95(73,74)89-28-24(64)16(4-82-96(75,76)91-97(77,78)90-92(66,67)68)86-40(28)60-12-56-36-20(60)32(44)48-8-52-36/h5-16,21-28,37-40,61-65H,1-4H2,(H,69,70)(H,71,72)(H,73,74)(H,75,76)(H,77,78)(H2,41,45,49)(H2,42,46,50)(H2,43,47,51)(H2,44,48,52)(H2,66,67,68)/t13-,14-,15-,16-,21-,22-,23-,24-,25-,26-,27-,28-,37-,38-,39-,40-/m1/s1. The van der Waals surface area contributed by atoms with Gasteiger partial charge in [0.25, 0.3) is 0 Å². The van der Waals surface area contributed by atoms with Crippen LogP contribution in [0, 0.1) is 0 Å². The first-order chi connectivity index (χ1) is 45.6.